The van der Waals surface area contributed by atoms with Crippen molar-refractivity contribution in [1.82, 2.24) is 15.2 Å². The van der Waals surface area contributed by atoms with Crippen LogP contribution in [0.2, 0.25) is 0 Å². The summed E-state index contributed by atoms with van der Waals surface area (Å²) in [6.45, 7) is 6.39. The van der Waals surface area contributed by atoms with Gasteiger partial charge in [0.05, 0.1) is 5.69 Å². The van der Waals surface area contributed by atoms with Crippen LogP contribution in [0.4, 0.5) is 0 Å². The van der Waals surface area contributed by atoms with Gasteiger partial charge in [-0.2, -0.15) is 0 Å². The molecule has 0 unspecified atom stereocenters. The van der Waals surface area contributed by atoms with Gasteiger partial charge < -0.3 is 9.73 Å². The molecule has 2 aromatic rings. The van der Waals surface area contributed by atoms with E-state index in [9.17, 15) is 0 Å². The first-order valence-corrected chi connectivity index (χ1v) is 8.65. The van der Waals surface area contributed by atoms with Crippen molar-refractivity contribution in [1.29, 1.82) is 0 Å². The van der Waals surface area contributed by atoms with E-state index in [1.807, 2.05) is 44.3 Å². The highest BCUT2D eigenvalue weighted by Gasteiger charge is 2.21. The minimum atomic E-state index is 0.738. The summed E-state index contributed by atoms with van der Waals surface area (Å²) in [5.41, 5.74) is 2.13. The molecule has 0 aliphatic carbocycles. The Hall–Kier alpha value is -1.65. The van der Waals surface area contributed by atoms with Crippen LogP contribution in [0.15, 0.2) is 34.7 Å². The molecule has 1 N–H and O–H groups in total. The first kappa shape index (κ1) is 16.2. The monoisotopic (exact) mass is 313 g/mol. The van der Waals surface area contributed by atoms with E-state index in [1.54, 1.807) is 0 Å². The zero-order chi connectivity index (χ0) is 16.1. The quantitative estimate of drug-likeness (QED) is 0.886. The van der Waals surface area contributed by atoms with E-state index in [1.165, 1.54) is 32.4 Å². The van der Waals surface area contributed by atoms with Crippen molar-refractivity contribution in [3.8, 4) is 11.5 Å². The highest BCUT2D eigenvalue weighted by atomic mass is 16.4. The van der Waals surface area contributed by atoms with E-state index in [-0.39, 0.29) is 0 Å². The smallest absolute Gasteiger partial charge is 0.226 e. The Bertz CT molecular complexity index is 600. The highest BCUT2D eigenvalue weighted by molar-refractivity contribution is 5.53. The molecule has 0 spiro atoms. The van der Waals surface area contributed by atoms with Gasteiger partial charge in [0, 0.05) is 12.1 Å². The van der Waals surface area contributed by atoms with Crippen molar-refractivity contribution in [2.45, 2.75) is 32.7 Å². The van der Waals surface area contributed by atoms with Gasteiger partial charge in [0.25, 0.3) is 0 Å². The molecular weight excluding hydrogens is 286 g/mol. The first-order chi connectivity index (χ1) is 11.3. The van der Waals surface area contributed by atoms with Crippen LogP contribution in [0.5, 0.6) is 0 Å². The zero-order valence-electron chi connectivity index (χ0n) is 14.2. The van der Waals surface area contributed by atoms with Crippen LogP contribution in [-0.2, 0) is 6.54 Å². The van der Waals surface area contributed by atoms with Gasteiger partial charge in [0.1, 0.15) is 5.76 Å². The molecule has 1 aliphatic rings. The van der Waals surface area contributed by atoms with Gasteiger partial charge in [-0.3, -0.25) is 4.90 Å². The molecule has 0 atom stereocenters. The summed E-state index contributed by atoms with van der Waals surface area (Å²) in [6.07, 6.45) is 3.89. The van der Waals surface area contributed by atoms with Crippen molar-refractivity contribution >= 4 is 0 Å². The molecule has 1 aliphatic heterocycles. The molecule has 0 amide bonds. The van der Waals surface area contributed by atoms with Gasteiger partial charge in [0.15, 0.2) is 0 Å². The van der Waals surface area contributed by atoms with E-state index in [0.717, 1.165) is 41.9 Å². The van der Waals surface area contributed by atoms with E-state index in [2.05, 4.69) is 10.2 Å². The molecule has 0 bridgehead atoms. The molecule has 1 saturated heterocycles. The summed E-state index contributed by atoms with van der Waals surface area (Å²) >= 11 is 0. The lowest BCUT2D eigenvalue weighted by Gasteiger charge is -2.31. The van der Waals surface area contributed by atoms with E-state index < -0.39 is 0 Å². The molecule has 2 heterocycles. The molecule has 4 nitrogen and oxygen atoms in total. The number of oxazole rings is 1. The molecule has 1 aromatic carbocycles. The summed E-state index contributed by atoms with van der Waals surface area (Å²) in [5.74, 6) is 2.56. The summed E-state index contributed by atoms with van der Waals surface area (Å²) in [5, 5.41) is 3.26. The van der Waals surface area contributed by atoms with Crippen molar-refractivity contribution < 1.29 is 4.42 Å². The number of benzene rings is 1. The van der Waals surface area contributed by atoms with E-state index in [4.69, 9.17) is 9.40 Å². The van der Waals surface area contributed by atoms with E-state index in [0.29, 0.717) is 0 Å². The molecule has 124 valence electrons. The molecule has 1 aromatic heterocycles. The SMILES string of the molecule is CNCCC1CCN(Cc2nc(-c3ccccc3)oc2C)CC1. The van der Waals surface area contributed by atoms with Gasteiger partial charge >= 0.3 is 0 Å². The second kappa shape index (κ2) is 7.75. The molecule has 23 heavy (non-hydrogen) atoms. The van der Waals surface area contributed by atoms with Gasteiger partial charge in [-0.05, 0) is 70.9 Å². The zero-order valence-corrected chi connectivity index (χ0v) is 14.2. The fraction of sp³-hybridized carbons (Fsp3) is 0.526. The van der Waals surface area contributed by atoms with Crippen molar-refractivity contribution in [2.75, 3.05) is 26.7 Å². The Morgan fingerprint density at radius 1 is 1.22 bits per heavy atom. The average Bonchev–Trinajstić information content (AvgIpc) is 2.96. The van der Waals surface area contributed by atoms with Crippen LogP contribution < -0.4 is 5.32 Å². The summed E-state index contributed by atoms with van der Waals surface area (Å²) in [4.78, 5) is 7.23. The number of aromatic nitrogens is 1. The third-order valence-electron chi connectivity index (χ3n) is 4.80. The first-order valence-electron chi connectivity index (χ1n) is 8.65. The Balaban J connectivity index is 1.58. The predicted octanol–water partition coefficient (Wildman–Crippen LogP) is 3.47. The summed E-state index contributed by atoms with van der Waals surface area (Å²) < 4.78 is 5.87. The van der Waals surface area contributed by atoms with Crippen LogP contribution in [0.3, 0.4) is 0 Å². The number of nitrogens with one attached hydrogen (secondary N) is 1. The third kappa shape index (κ3) is 4.21. The highest BCUT2D eigenvalue weighted by Crippen LogP contribution is 2.25. The Kier molecular flexibility index (Phi) is 5.47. The number of piperidine rings is 1. The maximum atomic E-state index is 5.87. The Labute approximate surface area is 138 Å². The summed E-state index contributed by atoms with van der Waals surface area (Å²) in [6, 6.07) is 10.1. The third-order valence-corrected chi connectivity index (χ3v) is 4.80. The summed E-state index contributed by atoms with van der Waals surface area (Å²) in [7, 11) is 2.03. The lowest BCUT2D eigenvalue weighted by Crippen LogP contribution is -2.34. The van der Waals surface area contributed by atoms with Gasteiger partial charge in [-0.15, -0.1) is 0 Å². The van der Waals surface area contributed by atoms with Crippen LogP contribution in [0.1, 0.15) is 30.7 Å². The van der Waals surface area contributed by atoms with Gasteiger partial charge in [-0.25, -0.2) is 4.98 Å². The average molecular weight is 313 g/mol. The fourth-order valence-corrected chi connectivity index (χ4v) is 3.27. The minimum absolute atomic E-state index is 0.738. The van der Waals surface area contributed by atoms with Crippen molar-refractivity contribution in [3.63, 3.8) is 0 Å². The Morgan fingerprint density at radius 3 is 2.65 bits per heavy atom. The maximum absolute atomic E-state index is 5.87. The van der Waals surface area contributed by atoms with Gasteiger partial charge in [-0.1, -0.05) is 18.2 Å². The second-order valence-electron chi connectivity index (χ2n) is 6.50. The number of rotatable bonds is 6. The van der Waals surface area contributed by atoms with Crippen LogP contribution in [-0.4, -0.2) is 36.6 Å². The normalized spacial score (nSPS) is 16.8. The van der Waals surface area contributed by atoms with Crippen molar-refractivity contribution in [3.05, 3.63) is 41.8 Å². The number of aryl methyl sites for hydroxylation is 1. The van der Waals surface area contributed by atoms with E-state index >= 15 is 0 Å². The standard InChI is InChI=1S/C19H27N3O/c1-15-18(21-19(23-15)17-6-4-3-5-7-17)14-22-12-9-16(10-13-22)8-11-20-2/h3-7,16,20H,8-14H2,1-2H3. The second-order valence-corrected chi connectivity index (χ2v) is 6.50. The maximum Gasteiger partial charge on any atom is 0.226 e. The van der Waals surface area contributed by atoms with Crippen LogP contribution >= 0.6 is 0 Å². The molecule has 3 rings (SSSR count). The lowest BCUT2D eigenvalue weighted by molar-refractivity contribution is 0.170. The number of nitrogens with zero attached hydrogens (tertiary/aromatic N) is 2. The number of likely N-dealkylation sites (tertiary alicyclic amines) is 1. The lowest BCUT2D eigenvalue weighted by atomic mass is 9.93. The number of hydrogen-bond acceptors (Lipinski definition) is 4. The minimum Gasteiger partial charge on any atom is -0.441 e. The topological polar surface area (TPSA) is 41.3 Å². The van der Waals surface area contributed by atoms with Crippen LogP contribution in [0.25, 0.3) is 11.5 Å². The predicted molar refractivity (Wildman–Crippen MR) is 93.2 cm³/mol. The molecule has 0 saturated carbocycles. The largest absolute Gasteiger partial charge is 0.441 e. The fourth-order valence-electron chi connectivity index (χ4n) is 3.27. The number of hydrogen-bond donors (Lipinski definition) is 1. The Morgan fingerprint density at radius 2 is 1.96 bits per heavy atom. The van der Waals surface area contributed by atoms with Crippen LogP contribution in [0, 0.1) is 12.8 Å². The molecule has 4 heteroatoms. The van der Waals surface area contributed by atoms with Gasteiger partial charge in [0.2, 0.25) is 5.89 Å². The van der Waals surface area contributed by atoms with Crippen molar-refractivity contribution in [2.24, 2.45) is 5.92 Å². The molecule has 0 radical (unpaired) electrons. The molecular formula is C19H27N3O. The molecule has 1 fully saturated rings.